The summed E-state index contributed by atoms with van der Waals surface area (Å²) in [5.41, 5.74) is -0.294. The molecule has 12 heteroatoms. The fourth-order valence-electron chi connectivity index (χ4n) is 4.29. The number of amides is 2. The fraction of sp³-hybridized carbons (Fsp3) is 0.208. The second kappa shape index (κ2) is 9.10. The van der Waals surface area contributed by atoms with Crippen molar-refractivity contribution >= 4 is 29.0 Å². The molecule has 1 unspecified atom stereocenters. The largest absolute Gasteiger partial charge is 0.416 e. The summed E-state index contributed by atoms with van der Waals surface area (Å²) in [6, 6.07) is 9.74. The lowest BCUT2D eigenvalue weighted by atomic mass is 10.0. The number of hydrogen-bond acceptors (Lipinski definition) is 4. The van der Waals surface area contributed by atoms with E-state index in [2.05, 4.69) is 20.7 Å². The highest BCUT2D eigenvalue weighted by Crippen LogP contribution is 2.37. The van der Waals surface area contributed by atoms with Gasteiger partial charge in [0, 0.05) is 17.8 Å². The van der Waals surface area contributed by atoms with Crippen LogP contribution in [0, 0.1) is 11.6 Å². The molecule has 0 aliphatic carbocycles. The molecule has 5 rings (SSSR count). The number of imidazole rings is 1. The van der Waals surface area contributed by atoms with Crippen LogP contribution in [0.2, 0.25) is 0 Å². The number of nitrogens with zero attached hydrogens (tertiary/aromatic N) is 4. The highest BCUT2D eigenvalue weighted by atomic mass is 19.4. The van der Waals surface area contributed by atoms with Gasteiger partial charge in [-0.1, -0.05) is 6.07 Å². The summed E-state index contributed by atoms with van der Waals surface area (Å²) in [5.74, 6) is -0.405. The Balaban J connectivity index is 1.38. The van der Waals surface area contributed by atoms with Gasteiger partial charge in [0.15, 0.2) is 11.5 Å². The minimum atomic E-state index is -4.54. The summed E-state index contributed by atoms with van der Waals surface area (Å²) >= 11 is 0. The lowest BCUT2D eigenvalue weighted by molar-refractivity contribution is -0.137. The number of benzene rings is 2. The first kappa shape index (κ1) is 23.5. The number of hydrogen-bond donors (Lipinski definition) is 2. The summed E-state index contributed by atoms with van der Waals surface area (Å²) in [7, 11) is 0. The Labute approximate surface area is 201 Å². The van der Waals surface area contributed by atoms with Gasteiger partial charge < -0.3 is 10.2 Å². The monoisotopic (exact) mass is 502 g/mol. The molecule has 36 heavy (non-hydrogen) atoms. The number of alkyl halides is 3. The number of rotatable bonds is 4. The van der Waals surface area contributed by atoms with Crippen LogP contribution in [0.1, 0.15) is 30.0 Å². The van der Waals surface area contributed by atoms with Crippen LogP contribution >= 0.6 is 0 Å². The molecule has 7 nitrogen and oxygen atoms in total. The number of fused-ring (bicyclic) bond motifs is 1. The highest BCUT2D eigenvalue weighted by Gasteiger charge is 2.31. The van der Waals surface area contributed by atoms with E-state index < -0.39 is 35.4 Å². The molecule has 186 valence electrons. The van der Waals surface area contributed by atoms with Gasteiger partial charge in [-0.05, 0) is 61.4 Å². The normalized spacial score (nSPS) is 15.9. The smallest absolute Gasteiger partial charge is 0.348 e. The number of halogens is 5. The topological polar surface area (TPSA) is 74.6 Å². The number of anilines is 3. The van der Waals surface area contributed by atoms with Gasteiger partial charge in [0.2, 0.25) is 0 Å². The Bertz CT molecular complexity index is 1440. The third kappa shape index (κ3) is 4.66. The van der Waals surface area contributed by atoms with Crippen molar-refractivity contribution in [2.24, 2.45) is 0 Å². The average Bonchev–Trinajstić information content (AvgIpc) is 3.47. The molecule has 3 heterocycles. The molecule has 2 aromatic carbocycles. The Morgan fingerprint density at radius 2 is 1.86 bits per heavy atom. The van der Waals surface area contributed by atoms with Crippen LogP contribution in [0.25, 0.3) is 5.65 Å². The van der Waals surface area contributed by atoms with Gasteiger partial charge in [-0.2, -0.15) is 17.7 Å². The second-order valence-corrected chi connectivity index (χ2v) is 8.28. The lowest BCUT2D eigenvalue weighted by Crippen LogP contribution is -2.25. The second-order valence-electron chi connectivity index (χ2n) is 8.28. The molecule has 1 saturated heterocycles. The Morgan fingerprint density at radius 3 is 2.67 bits per heavy atom. The molecule has 0 saturated carbocycles. The van der Waals surface area contributed by atoms with Crippen molar-refractivity contribution in [3.05, 3.63) is 83.6 Å². The van der Waals surface area contributed by atoms with Gasteiger partial charge in [-0.25, -0.2) is 18.6 Å². The number of aromatic nitrogens is 3. The Kier molecular flexibility index (Phi) is 5.94. The van der Waals surface area contributed by atoms with Gasteiger partial charge in [0.1, 0.15) is 17.5 Å². The quantitative estimate of drug-likeness (QED) is 0.335. The molecule has 2 aromatic heterocycles. The summed E-state index contributed by atoms with van der Waals surface area (Å²) < 4.78 is 68.4. The molecule has 1 aliphatic heterocycles. The zero-order valence-corrected chi connectivity index (χ0v) is 18.6. The van der Waals surface area contributed by atoms with E-state index in [1.54, 1.807) is 12.1 Å². The Morgan fingerprint density at radius 1 is 1.03 bits per heavy atom. The molecule has 0 bridgehead atoms. The first-order valence-corrected chi connectivity index (χ1v) is 11.0. The van der Waals surface area contributed by atoms with Crippen molar-refractivity contribution < 1.29 is 26.7 Å². The first-order chi connectivity index (χ1) is 17.2. The zero-order valence-electron chi connectivity index (χ0n) is 18.6. The number of nitrogens with one attached hydrogen (secondary N) is 2. The molecule has 0 radical (unpaired) electrons. The van der Waals surface area contributed by atoms with Gasteiger partial charge in [-0.15, -0.1) is 5.10 Å². The summed E-state index contributed by atoms with van der Waals surface area (Å²) in [6.07, 6.45) is -1.84. The van der Waals surface area contributed by atoms with Crippen molar-refractivity contribution in [3.63, 3.8) is 0 Å². The van der Waals surface area contributed by atoms with E-state index in [0.717, 1.165) is 30.7 Å². The highest BCUT2D eigenvalue weighted by molar-refractivity contribution is 5.99. The van der Waals surface area contributed by atoms with Crippen LogP contribution in [0.4, 0.5) is 44.1 Å². The van der Waals surface area contributed by atoms with Crippen molar-refractivity contribution in [1.29, 1.82) is 0 Å². The minimum Gasteiger partial charge on any atom is -0.348 e. The van der Waals surface area contributed by atoms with Crippen molar-refractivity contribution in [2.45, 2.75) is 25.1 Å². The number of carbonyl (C=O) groups excluding carboxylic acids is 1. The van der Waals surface area contributed by atoms with Crippen molar-refractivity contribution in [1.82, 2.24) is 14.6 Å². The van der Waals surface area contributed by atoms with Crippen molar-refractivity contribution in [3.8, 4) is 0 Å². The average molecular weight is 502 g/mol. The molecular weight excluding hydrogens is 483 g/mol. The molecule has 2 N–H and O–H groups in total. The first-order valence-electron chi connectivity index (χ1n) is 11.0. The molecule has 1 aliphatic rings. The number of carbonyl (C=O) groups is 1. The summed E-state index contributed by atoms with van der Waals surface area (Å²) in [4.78, 5) is 18.5. The number of urea groups is 1. The van der Waals surface area contributed by atoms with Gasteiger partial charge >= 0.3 is 12.2 Å². The van der Waals surface area contributed by atoms with Crippen LogP contribution < -0.4 is 15.5 Å². The molecular formula is C24H19F5N6O. The van der Waals surface area contributed by atoms with E-state index in [4.69, 9.17) is 0 Å². The standard InChI is InChI=1S/C24H19F5N6O/c25-15-6-7-18(26)17(12-15)19-5-2-10-34(19)21-9-8-20-30-13-22(35(20)33-21)32-23(36)31-16-4-1-3-14(11-16)24(27,28)29/h1,3-4,6-9,11-13,19H,2,5,10H2,(H2,31,32,36). The minimum absolute atomic E-state index is 0.0400. The SMILES string of the molecule is O=C(Nc1cccc(C(F)(F)F)c1)Nc1cnc2ccc(N3CCCC3c3cc(F)ccc3F)nn12. The third-order valence-corrected chi connectivity index (χ3v) is 5.90. The summed E-state index contributed by atoms with van der Waals surface area (Å²) in [5, 5.41) is 9.41. The predicted molar refractivity (Wildman–Crippen MR) is 123 cm³/mol. The Hall–Kier alpha value is -4.22. The van der Waals surface area contributed by atoms with Gasteiger partial charge in [0.05, 0.1) is 17.8 Å². The zero-order chi connectivity index (χ0) is 25.4. The lowest BCUT2D eigenvalue weighted by Gasteiger charge is -2.26. The maximum absolute atomic E-state index is 14.4. The van der Waals surface area contributed by atoms with E-state index in [9.17, 15) is 26.7 Å². The van der Waals surface area contributed by atoms with Gasteiger partial charge in [-0.3, -0.25) is 5.32 Å². The van der Waals surface area contributed by atoms with Crippen LogP contribution in [0.3, 0.4) is 0 Å². The maximum atomic E-state index is 14.4. The van der Waals surface area contributed by atoms with E-state index in [1.807, 2.05) is 4.90 Å². The molecule has 2 amide bonds. The molecule has 1 atom stereocenters. The van der Waals surface area contributed by atoms with Crippen LogP contribution in [0.5, 0.6) is 0 Å². The maximum Gasteiger partial charge on any atom is 0.416 e. The van der Waals surface area contributed by atoms with Crippen LogP contribution in [-0.4, -0.2) is 27.2 Å². The van der Waals surface area contributed by atoms with Crippen molar-refractivity contribution in [2.75, 3.05) is 22.1 Å². The predicted octanol–water partition coefficient (Wildman–Crippen LogP) is 6.01. The van der Waals surface area contributed by atoms with E-state index >= 15 is 0 Å². The van der Waals surface area contributed by atoms with E-state index in [-0.39, 0.29) is 17.1 Å². The van der Waals surface area contributed by atoms with E-state index in [1.165, 1.54) is 28.9 Å². The molecule has 1 fully saturated rings. The van der Waals surface area contributed by atoms with E-state index in [0.29, 0.717) is 24.4 Å². The van der Waals surface area contributed by atoms with Gasteiger partial charge in [0.25, 0.3) is 0 Å². The third-order valence-electron chi connectivity index (χ3n) is 5.90. The summed E-state index contributed by atoms with van der Waals surface area (Å²) in [6.45, 7) is 0.562. The van der Waals surface area contributed by atoms with Crippen LogP contribution in [-0.2, 0) is 6.18 Å². The molecule has 0 spiro atoms. The van der Waals surface area contributed by atoms with Crippen LogP contribution in [0.15, 0.2) is 60.8 Å². The molecule has 4 aromatic rings. The fourth-order valence-corrected chi connectivity index (χ4v) is 4.29.